The minimum absolute atomic E-state index is 0.0416. The Morgan fingerprint density at radius 2 is 1.69 bits per heavy atom. The molecule has 1 rings (SSSR count). The Hall–Kier alpha value is -1.31. The first-order chi connectivity index (χ1) is 7.30. The van der Waals surface area contributed by atoms with E-state index in [1.54, 1.807) is 6.92 Å². The average molecular weight is 220 g/mol. The Balaban J connectivity index is 2.76. The van der Waals surface area contributed by atoms with Crippen LogP contribution in [0.2, 0.25) is 0 Å². The van der Waals surface area contributed by atoms with Crippen LogP contribution in [-0.2, 0) is 10.2 Å². The molecular formula is C14H20O2. The predicted octanol–water partition coefficient (Wildman–Crippen LogP) is 3.34. The molecule has 16 heavy (non-hydrogen) atoms. The molecule has 2 nitrogen and oxygen atoms in total. The summed E-state index contributed by atoms with van der Waals surface area (Å²) in [6, 6.07) is 7.92. The normalized spacial score (nSPS) is 13.3. The molecule has 1 aromatic rings. The van der Waals surface area contributed by atoms with Crippen LogP contribution < -0.4 is 4.74 Å². The largest absolute Gasteiger partial charge is 0.483 e. The average Bonchev–Trinajstić information content (AvgIpc) is 2.17. The second-order valence-corrected chi connectivity index (χ2v) is 5.15. The molecule has 0 aliphatic carbocycles. The van der Waals surface area contributed by atoms with Gasteiger partial charge in [0, 0.05) is 0 Å². The van der Waals surface area contributed by atoms with E-state index in [-0.39, 0.29) is 17.3 Å². The Labute approximate surface area is 97.6 Å². The Kier molecular flexibility index (Phi) is 3.74. The molecule has 2 heteroatoms. The molecule has 0 N–H and O–H groups in total. The van der Waals surface area contributed by atoms with E-state index in [0.717, 1.165) is 5.75 Å². The molecule has 0 aliphatic heterocycles. The van der Waals surface area contributed by atoms with E-state index >= 15 is 0 Å². The van der Waals surface area contributed by atoms with Crippen molar-refractivity contribution in [1.29, 1.82) is 0 Å². The second-order valence-electron chi connectivity index (χ2n) is 5.15. The first-order valence-corrected chi connectivity index (χ1v) is 5.58. The lowest BCUT2D eigenvalue weighted by molar-refractivity contribution is -0.122. The zero-order chi connectivity index (χ0) is 12.3. The molecule has 0 saturated carbocycles. The maximum absolute atomic E-state index is 11.0. The molecule has 1 atom stereocenters. The molecule has 0 radical (unpaired) electrons. The van der Waals surface area contributed by atoms with Crippen LogP contribution in [0.4, 0.5) is 0 Å². The van der Waals surface area contributed by atoms with Crippen molar-refractivity contribution in [2.45, 2.75) is 46.1 Å². The number of Topliss-reactive ketones (excluding diaryl/α,β-unsaturated/α-hetero) is 1. The predicted molar refractivity (Wildman–Crippen MR) is 65.9 cm³/mol. The Morgan fingerprint density at radius 1 is 1.19 bits per heavy atom. The molecule has 0 heterocycles. The highest BCUT2D eigenvalue weighted by Crippen LogP contribution is 2.24. The summed E-state index contributed by atoms with van der Waals surface area (Å²) >= 11 is 0. The van der Waals surface area contributed by atoms with Gasteiger partial charge in [-0.1, -0.05) is 32.9 Å². The summed E-state index contributed by atoms with van der Waals surface area (Å²) in [4.78, 5) is 11.0. The number of rotatable bonds is 3. The molecule has 0 bridgehead atoms. The first kappa shape index (κ1) is 12.8. The summed E-state index contributed by atoms with van der Waals surface area (Å²) in [6.07, 6.45) is -0.375. The van der Waals surface area contributed by atoms with Crippen molar-refractivity contribution in [1.82, 2.24) is 0 Å². The highest BCUT2D eigenvalue weighted by molar-refractivity contribution is 5.80. The molecule has 0 aromatic heterocycles. The molecule has 0 fully saturated rings. The van der Waals surface area contributed by atoms with Gasteiger partial charge in [-0.15, -0.1) is 0 Å². The van der Waals surface area contributed by atoms with Gasteiger partial charge in [-0.3, -0.25) is 4.79 Å². The van der Waals surface area contributed by atoms with Crippen molar-refractivity contribution in [2.75, 3.05) is 0 Å². The summed E-state index contributed by atoms with van der Waals surface area (Å²) in [5.41, 5.74) is 1.40. The zero-order valence-corrected chi connectivity index (χ0v) is 10.7. The third-order valence-electron chi connectivity index (χ3n) is 2.61. The van der Waals surface area contributed by atoms with Crippen molar-refractivity contribution in [3.8, 4) is 5.75 Å². The van der Waals surface area contributed by atoms with Gasteiger partial charge in [0.15, 0.2) is 11.9 Å². The molecule has 88 valence electrons. The third kappa shape index (κ3) is 3.37. The van der Waals surface area contributed by atoms with Gasteiger partial charge in [-0.05, 0) is 37.0 Å². The fourth-order valence-electron chi connectivity index (χ4n) is 1.32. The maximum Gasteiger partial charge on any atom is 0.169 e. The van der Waals surface area contributed by atoms with Crippen LogP contribution in [0, 0.1) is 0 Å². The van der Waals surface area contributed by atoms with E-state index < -0.39 is 0 Å². The van der Waals surface area contributed by atoms with Crippen molar-refractivity contribution >= 4 is 5.78 Å². The van der Waals surface area contributed by atoms with Gasteiger partial charge >= 0.3 is 0 Å². The van der Waals surface area contributed by atoms with E-state index in [0.29, 0.717) is 0 Å². The van der Waals surface area contributed by atoms with E-state index in [4.69, 9.17) is 4.74 Å². The Morgan fingerprint density at radius 3 is 2.06 bits per heavy atom. The standard InChI is InChI=1S/C14H20O2/c1-10(15)11(2)16-13-8-6-12(7-9-13)14(3,4)5/h6-9,11H,1-5H3/t11-/m0/s1. The third-order valence-corrected chi connectivity index (χ3v) is 2.61. The topological polar surface area (TPSA) is 26.3 Å². The number of carbonyl (C=O) groups excluding carboxylic acids is 1. The van der Waals surface area contributed by atoms with Crippen molar-refractivity contribution < 1.29 is 9.53 Å². The second kappa shape index (κ2) is 4.69. The van der Waals surface area contributed by atoms with Gasteiger partial charge in [-0.2, -0.15) is 0 Å². The van der Waals surface area contributed by atoms with Crippen LogP contribution in [0.15, 0.2) is 24.3 Å². The number of ketones is 1. The van der Waals surface area contributed by atoms with E-state index in [2.05, 4.69) is 20.8 Å². The minimum Gasteiger partial charge on any atom is -0.483 e. The first-order valence-electron chi connectivity index (χ1n) is 5.58. The quantitative estimate of drug-likeness (QED) is 0.781. The van der Waals surface area contributed by atoms with Crippen LogP contribution in [-0.4, -0.2) is 11.9 Å². The van der Waals surface area contributed by atoms with Crippen molar-refractivity contribution in [3.63, 3.8) is 0 Å². The highest BCUT2D eigenvalue weighted by Gasteiger charge is 2.14. The smallest absolute Gasteiger partial charge is 0.169 e. The van der Waals surface area contributed by atoms with Gasteiger partial charge in [0.25, 0.3) is 0 Å². The van der Waals surface area contributed by atoms with Gasteiger partial charge in [0.2, 0.25) is 0 Å². The fourth-order valence-corrected chi connectivity index (χ4v) is 1.32. The number of ether oxygens (including phenoxy) is 1. The SMILES string of the molecule is CC(=O)[C@H](C)Oc1ccc(C(C)(C)C)cc1. The Bertz CT molecular complexity index is 357. The monoisotopic (exact) mass is 220 g/mol. The highest BCUT2D eigenvalue weighted by atomic mass is 16.5. The van der Waals surface area contributed by atoms with Crippen LogP contribution in [0.3, 0.4) is 0 Å². The maximum atomic E-state index is 11.0. The number of hydrogen-bond acceptors (Lipinski definition) is 2. The van der Waals surface area contributed by atoms with Gasteiger partial charge < -0.3 is 4.74 Å². The van der Waals surface area contributed by atoms with Crippen molar-refractivity contribution in [2.24, 2.45) is 0 Å². The lowest BCUT2D eigenvalue weighted by atomic mass is 9.87. The number of hydrogen-bond donors (Lipinski definition) is 0. The number of benzene rings is 1. The molecule has 0 aliphatic rings. The van der Waals surface area contributed by atoms with Crippen LogP contribution in [0.1, 0.15) is 40.2 Å². The minimum atomic E-state index is -0.375. The number of carbonyl (C=O) groups is 1. The molecular weight excluding hydrogens is 200 g/mol. The lowest BCUT2D eigenvalue weighted by Crippen LogP contribution is -2.20. The van der Waals surface area contributed by atoms with Gasteiger partial charge in [0.05, 0.1) is 0 Å². The lowest BCUT2D eigenvalue weighted by Gasteiger charge is -2.19. The summed E-state index contributed by atoms with van der Waals surface area (Å²) in [5, 5.41) is 0. The van der Waals surface area contributed by atoms with Crippen LogP contribution >= 0.6 is 0 Å². The summed E-state index contributed by atoms with van der Waals surface area (Å²) in [7, 11) is 0. The van der Waals surface area contributed by atoms with Crippen molar-refractivity contribution in [3.05, 3.63) is 29.8 Å². The molecule has 1 aromatic carbocycles. The van der Waals surface area contributed by atoms with Gasteiger partial charge in [-0.25, -0.2) is 0 Å². The molecule has 0 amide bonds. The van der Waals surface area contributed by atoms with E-state index in [1.807, 2.05) is 24.3 Å². The van der Waals surface area contributed by atoms with Gasteiger partial charge in [0.1, 0.15) is 5.75 Å². The van der Waals surface area contributed by atoms with Crippen LogP contribution in [0.25, 0.3) is 0 Å². The van der Waals surface area contributed by atoms with E-state index in [1.165, 1.54) is 12.5 Å². The summed E-state index contributed by atoms with van der Waals surface area (Å²) < 4.78 is 5.49. The summed E-state index contributed by atoms with van der Waals surface area (Å²) in [5.74, 6) is 0.788. The zero-order valence-electron chi connectivity index (χ0n) is 10.7. The van der Waals surface area contributed by atoms with Crippen LogP contribution in [0.5, 0.6) is 5.75 Å². The molecule has 0 spiro atoms. The summed E-state index contributed by atoms with van der Waals surface area (Å²) in [6.45, 7) is 9.80. The van der Waals surface area contributed by atoms with E-state index in [9.17, 15) is 4.79 Å². The molecule has 0 saturated heterocycles. The fraction of sp³-hybridized carbons (Fsp3) is 0.500. The molecule has 0 unspecified atom stereocenters.